The Hall–Kier alpha value is -1.20. The Morgan fingerprint density at radius 1 is 1.24 bits per heavy atom. The molecule has 0 radical (unpaired) electrons. The number of nitrogens with zero attached hydrogens (tertiary/aromatic N) is 3. The molecule has 2 heterocycles. The molecule has 0 spiro atoms. The van der Waals surface area contributed by atoms with Crippen LogP contribution in [0.5, 0.6) is 0 Å². The van der Waals surface area contributed by atoms with Gasteiger partial charge in [-0.3, -0.25) is 4.90 Å². The first-order valence-corrected chi connectivity index (χ1v) is 8.12. The van der Waals surface area contributed by atoms with Crippen molar-refractivity contribution in [3.05, 3.63) is 17.1 Å². The number of fused-ring (bicyclic) bond motifs is 1. The van der Waals surface area contributed by atoms with Crippen LogP contribution in [-0.2, 0) is 17.6 Å². The lowest BCUT2D eigenvalue weighted by atomic mass is 9.96. The SMILES string of the molecule is CNc1nc(C2CN(C(C)C)CCO2)nc2c1CCCC2. The number of hydrogen-bond donors (Lipinski definition) is 1. The van der Waals surface area contributed by atoms with Gasteiger partial charge in [0.05, 0.1) is 6.61 Å². The summed E-state index contributed by atoms with van der Waals surface area (Å²) < 4.78 is 5.94. The highest BCUT2D eigenvalue weighted by Gasteiger charge is 2.27. The van der Waals surface area contributed by atoms with Crippen LogP contribution in [0.3, 0.4) is 0 Å². The maximum Gasteiger partial charge on any atom is 0.161 e. The van der Waals surface area contributed by atoms with Gasteiger partial charge in [-0.15, -0.1) is 0 Å². The first-order chi connectivity index (χ1) is 10.2. The summed E-state index contributed by atoms with van der Waals surface area (Å²) >= 11 is 0. The highest BCUT2D eigenvalue weighted by molar-refractivity contribution is 5.47. The first kappa shape index (κ1) is 14.7. The lowest BCUT2D eigenvalue weighted by molar-refractivity contribution is -0.0443. The molecule has 5 nitrogen and oxygen atoms in total. The minimum Gasteiger partial charge on any atom is -0.373 e. The Bertz CT molecular complexity index is 486. The highest BCUT2D eigenvalue weighted by Crippen LogP contribution is 2.28. The number of rotatable bonds is 3. The zero-order valence-electron chi connectivity index (χ0n) is 13.4. The molecule has 1 unspecified atom stereocenters. The maximum atomic E-state index is 5.94. The molecule has 0 bridgehead atoms. The van der Waals surface area contributed by atoms with Crippen LogP contribution >= 0.6 is 0 Å². The second-order valence-corrected chi connectivity index (χ2v) is 6.26. The third kappa shape index (κ3) is 3.04. The van der Waals surface area contributed by atoms with E-state index >= 15 is 0 Å². The fourth-order valence-electron chi connectivity index (χ4n) is 3.26. The van der Waals surface area contributed by atoms with Crippen molar-refractivity contribution in [2.45, 2.75) is 51.7 Å². The minimum atomic E-state index is 0.000441. The van der Waals surface area contributed by atoms with Gasteiger partial charge in [0, 0.05) is 37.4 Å². The average Bonchev–Trinajstić information content (AvgIpc) is 2.53. The van der Waals surface area contributed by atoms with Crippen LogP contribution < -0.4 is 5.32 Å². The summed E-state index contributed by atoms with van der Waals surface area (Å²) in [6, 6.07) is 0.540. The standard InChI is InChI=1S/C16H26N4O/c1-11(2)20-8-9-21-14(10-20)16-18-13-7-5-4-6-12(13)15(17-3)19-16/h11,14H,4-10H2,1-3H3,(H,17,18,19). The molecule has 1 aromatic heterocycles. The topological polar surface area (TPSA) is 50.3 Å². The summed E-state index contributed by atoms with van der Waals surface area (Å²) in [5.74, 6) is 1.85. The van der Waals surface area contributed by atoms with Gasteiger partial charge in [-0.1, -0.05) is 0 Å². The largest absolute Gasteiger partial charge is 0.373 e. The number of hydrogen-bond acceptors (Lipinski definition) is 5. The maximum absolute atomic E-state index is 5.94. The van der Waals surface area contributed by atoms with Crippen molar-refractivity contribution < 1.29 is 4.74 Å². The molecular weight excluding hydrogens is 264 g/mol. The summed E-state index contributed by atoms with van der Waals surface area (Å²) in [4.78, 5) is 12.0. The number of aromatic nitrogens is 2. The van der Waals surface area contributed by atoms with E-state index in [1.807, 2.05) is 7.05 Å². The lowest BCUT2D eigenvalue weighted by Gasteiger charge is -2.35. The summed E-state index contributed by atoms with van der Waals surface area (Å²) in [5, 5.41) is 3.25. The van der Waals surface area contributed by atoms with Crippen molar-refractivity contribution in [1.29, 1.82) is 0 Å². The van der Waals surface area contributed by atoms with Crippen molar-refractivity contribution in [1.82, 2.24) is 14.9 Å². The van der Waals surface area contributed by atoms with Gasteiger partial charge in [0.25, 0.3) is 0 Å². The van der Waals surface area contributed by atoms with Gasteiger partial charge in [-0.05, 0) is 39.5 Å². The first-order valence-electron chi connectivity index (χ1n) is 8.12. The molecule has 1 fully saturated rings. The van der Waals surface area contributed by atoms with Crippen LogP contribution in [0.25, 0.3) is 0 Å². The van der Waals surface area contributed by atoms with Gasteiger partial charge in [-0.2, -0.15) is 0 Å². The molecule has 5 heteroatoms. The molecule has 0 amide bonds. The van der Waals surface area contributed by atoms with Crippen LogP contribution in [0, 0.1) is 0 Å². The summed E-state index contributed by atoms with van der Waals surface area (Å²) in [6.45, 7) is 7.11. The lowest BCUT2D eigenvalue weighted by Crippen LogP contribution is -2.42. The van der Waals surface area contributed by atoms with E-state index in [1.54, 1.807) is 0 Å². The van der Waals surface area contributed by atoms with E-state index in [0.29, 0.717) is 6.04 Å². The molecule has 1 aliphatic heterocycles. The van der Waals surface area contributed by atoms with Crippen molar-refractivity contribution in [2.24, 2.45) is 0 Å². The van der Waals surface area contributed by atoms with E-state index < -0.39 is 0 Å². The smallest absolute Gasteiger partial charge is 0.161 e. The fraction of sp³-hybridized carbons (Fsp3) is 0.750. The molecule has 116 valence electrons. The molecular formula is C16H26N4O. The Morgan fingerprint density at radius 3 is 2.81 bits per heavy atom. The quantitative estimate of drug-likeness (QED) is 0.924. The van der Waals surface area contributed by atoms with E-state index in [0.717, 1.165) is 44.2 Å². The number of morpholine rings is 1. The van der Waals surface area contributed by atoms with Gasteiger partial charge in [0.2, 0.25) is 0 Å². The molecule has 1 aromatic rings. The van der Waals surface area contributed by atoms with Crippen molar-refractivity contribution >= 4 is 5.82 Å². The monoisotopic (exact) mass is 290 g/mol. The molecule has 1 N–H and O–H groups in total. The summed E-state index contributed by atoms with van der Waals surface area (Å²) in [5.41, 5.74) is 2.53. The minimum absolute atomic E-state index is 0.000441. The predicted octanol–water partition coefficient (Wildman–Crippen LogP) is 2.18. The third-order valence-electron chi connectivity index (χ3n) is 4.55. The molecule has 1 atom stereocenters. The molecule has 1 saturated heterocycles. The molecule has 0 saturated carbocycles. The normalized spacial score (nSPS) is 23.1. The van der Waals surface area contributed by atoms with Crippen LogP contribution in [0.4, 0.5) is 5.82 Å². The predicted molar refractivity (Wildman–Crippen MR) is 83.6 cm³/mol. The Kier molecular flexibility index (Phi) is 4.40. The van der Waals surface area contributed by atoms with Crippen LogP contribution in [0.2, 0.25) is 0 Å². The number of nitrogens with one attached hydrogen (secondary N) is 1. The van der Waals surface area contributed by atoms with Gasteiger partial charge in [0.1, 0.15) is 11.9 Å². The van der Waals surface area contributed by atoms with Crippen LogP contribution in [-0.4, -0.2) is 47.7 Å². The van der Waals surface area contributed by atoms with E-state index in [2.05, 4.69) is 24.1 Å². The molecule has 2 aliphatic rings. The van der Waals surface area contributed by atoms with E-state index in [1.165, 1.54) is 24.1 Å². The van der Waals surface area contributed by atoms with Crippen LogP contribution in [0.15, 0.2) is 0 Å². The molecule has 21 heavy (non-hydrogen) atoms. The van der Waals surface area contributed by atoms with Gasteiger partial charge in [-0.25, -0.2) is 9.97 Å². The Balaban J connectivity index is 1.88. The van der Waals surface area contributed by atoms with Crippen LogP contribution in [0.1, 0.15) is 49.9 Å². The van der Waals surface area contributed by atoms with Crippen molar-refractivity contribution in [3.8, 4) is 0 Å². The van der Waals surface area contributed by atoms with E-state index in [9.17, 15) is 0 Å². The van der Waals surface area contributed by atoms with Gasteiger partial charge >= 0.3 is 0 Å². The second kappa shape index (κ2) is 6.28. The summed E-state index contributed by atoms with van der Waals surface area (Å²) in [6.07, 6.45) is 4.64. The number of ether oxygens (including phenoxy) is 1. The van der Waals surface area contributed by atoms with Crippen molar-refractivity contribution in [2.75, 3.05) is 32.1 Å². The average molecular weight is 290 g/mol. The van der Waals surface area contributed by atoms with E-state index in [-0.39, 0.29) is 6.10 Å². The molecule has 1 aliphatic carbocycles. The zero-order valence-corrected chi connectivity index (χ0v) is 13.4. The fourth-order valence-corrected chi connectivity index (χ4v) is 3.26. The number of aryl methyl sites for hydroxylation is 1. The van der Waals surface area contributed by atoms with Gasteiger partial charge in [0.15, 0.2) is 5.82 Å². The van der Waals surface area contributed by atoms with Crippen molar-refractivity contribution in [3.63, 3.8) is 0 Å². The van der Waals surface area contributed by atoms with Gasteiger partial charge < -0.3 is 10.1 Å². The Labute approximate surface area is 127 Å². The third-order valence-corrected chi connectivity index (χ3v) is 4.55. The number of anilines is 1. The zero-order chi connectivity index (χ0) is 14.8. The summed E-state index contributed by atoms with van der Waals surface area (Å²) in [7, 11) is 1.95. The Morgan fingerprint density at radius 2 is 2.05 bits per heavy atom. The molecule has 0 aromatic carbocycles. The second-order valence-electron chi connectivity index (χ2n) is 6.26. The highest BCUT2D eigenvalue weighted by atomic mass is 16.5. The molecule has 3 rings (SSSR count). The van der Waals surface area contributed by atoms with E-state index in [4.69, 9.17) is 14.7 Å².